The average molecular weight is 315 g/mol. The molecule has 2 atom stereocenters. The molecule has 2 unspecified atom stereocenters. The maximum Gasteiger partial charge on any atom is 0.310 e. The molecule has 2 aromatic rings. The summed E-state index contributed by atoms with van der Waals surface area (Å²) in [4.78, 5) is 12.5. The van der Waals surface area contributed by atoms with Crippen molar-refractivity contribution in [1.29, 1.82) is 0 Å². The minimum absolute atomic E-state index is 0.344. The zero-order chi connectivity index (χ0) is 16.2. The van der Waals surface area contributed by atoms with Gasteiger partial charge in [0, 0.05) is 13.1 Å². The SMILES string of the molecule is O=C(O)C1CCN(Cc2cccc(Oc3ccccc3)c2)C1F. The molecule has 1 aliphatic rings. The molecule has 2 aromatic carbocycles. The van der Waals surface area contributed by atoms with E-state index in [9.17, 15) is 9.18 Å². The van der Waals surface area contributed by atoms with Gasteiger partial charge in [-0.05, 0) is 36.2 Å². The summed E-state index contributed by atoms with van der Waals surface area (Å²) in [5.74, 6) is -0.585. The van der Waals surface area contributed by atoms with Crippen LogP contribution in [0.3, 0.4) is 0 Å². The van der Waals surface area contributed by atoms with E-state index < -0.39 is 18.2 Å². The minimum Gasteiger partial charge on any atom is -0.481 e. The molecule has 0 aromatic heterocycles. The predicted molar refractivity (Wildman–Crippen MR) is 84.0 cm³/mol. The molecule has 1 heterocycles. The number of nitrogens with zero attached hydrogens (tertiary/aromatic N) is 1. The van der Waals surface area contributed by atoms with Gasteiger partial charge in [-0.15, -0.1) is 0 Å². The number of alkyl halides is 1. The van der Waals surface area contributed by atoms with Gasteiger partial charge in [-0.25, -0.2) is 4.39 Å². The van der Waals surface area contributed by atoms with Crippen molar-refractivity contribution < 1.29 is 19.0 Å². The zero-order valence-electron chi connectivity index (χ0n) is 12.6. The number of ether oxygens (including phenoxy) is 1. The van der Waals surface area contributed by atoms with E-state index in [1.807, 2.05) is 54.6 Å². The van der Waals surface area contributed by atoms with Crippen LogP contribution < -0.4 is 4.74 Å². The smallest absolute Gasteiger partial charge is 0.310 e. The summed E-state index contributed by atoms with van der Waals surface area (Å²) < 4.78 is 19.9. The van der Waals surface area contributed by atoms with E-state index in [1.54, 1.807) is 4.90 Å². The van der Waals surface area contributed by atoms with E-state index in [0.717, 1.165) is 11.3 Å². The second-order valence-corrected chi connectivity index (χ2v) is 5.64. The molecule has 23 heavy (non-hydrogen) atoms. The highest BCUT2D eigenvalue weighted by atomic mass is 19.1. The second kappa shape index (κ2) is 6.79. The third-order valence-electron chi connectivity index (χ3n) is 3.99. The summed E-state index contributed by atoms with van der Waals surface area (Å²) >= 11 is 0. The first-order valence-corrected chi connectivity index (χ1v) is 7.56. The van der Waals surface area contributed by atoms with Crippen LogP contribution in [0.2, 0.25) is 0 Å². The zero-order valence-corrected chi connectivity index (χ0v) is 12.6. The van der Waals surface area contributed by atoms with Crippen molar-refractivity contribution in [2.45, 2.75) is 19.3 Å². The van der Waals surface area contributed by atoms with Crippen LogP contribution in [0.15, 0.2) is 54.6 Å². The van der Waals surface area contributed by atoms with Gasteiger partial charge in [0.25, 0.3) is 0 Å². The van der Waals surface area contributed by atoms with Crippen molar-refractivity contribution in [2.24, 2.45) is 5.92 Å². The second-order valence-electron chi connectivity index (χ2n) is 5.64. The number of carboxylic acid groups (broad SMARTS) is 1. The lowest BCUT2D eigenvalue weighted by atomic mass is 10.1. The lowest BCUT2D eigenvalue weighted by molar-refractivity contribution is -0.144. The first-order chi connectivity index (χ1) is 11.1. The Morgan fingerprint density at radius 3 is 2.61 bits per heavy atom. The number of carboxylic acids is 1. The first kappa shape index (κ1) is 15.5. The van der Waals surface area contributed by atoms with Crippen molar-refractivity contribution in [3.8, 4) is 11.5 Å². The molecule has 0 saturated carbocycles. The summed E-state index contributed by atoms with van der Waals surface area (Å²) in [6.45, 7) is 0.818. The van der Waals surface area contributed by atoms with Gasteiger partial charge in [-0.3, -0.25) is 9.69 Å². The Labute approximate surface area is 134 Å². The molecule has 5 heteroatoms. The molecule has 1 fully saturated rings. The number of para-hydroxylation sites is 1. The Hall–Kier alpha value is -2.40. The third kappa shape index (κ3) is 3.68. The van der Waals surface area contributed by atoms with Crippen LogP contribution in [0.25, 0.3) is 0 Å². The summed E-state index contributed by atoms with van der Waals surface area (Å²) in [6.07, 6.45) is -1.09. The van der Waals surface area contributed by atoms with Gasteiger partial charge in [0.1, 0.15) is 17.4 Å². The molecule has 3 rings (SSSR count). The minimum atomic E-state index is -1.44. The maximum absolute atomic E-state index is 14.2. The Bertz CT molecular complexity index is 677. The molecule has 1 N–H and O–H groups in total. The number of halogens is 1. The van der Waals surface area contributed by atoms with Crippen LogP contribution in [0.1, 0.15) is 12.0 Å². The number of aliphatic carboxylic acids is 1. The molecule has 120 valence electrons. The van der Waals surface area contributed by atoms with Crippen LogP contribution in [0.4, 0.5) is 4.39 Å². The Balaban J connectivity index is 1.67. The Morgan fingerprint density at radius 1 is 1.17 bits per heavy atom. The number of hydrogen-bond donors (Lipinski definition) is 1. The van der Waals surface area contributed by atoms with Crippen molar-refractivity contribution in [2.75, 3.05) is 6.54 Å². The fourth-order valence-electron chi connectivity index (χ4n) is 2.79. The van der Waals surface area contributed by atoms with E-state index in [1.165, 1.54) is 0 Å². The van der Waals surface area contributed by atoms with Crippen LogP contribution in [-0.4, -0.2) is 28.8 Å². The monoisotopic (exact) mass is 315 g/mol. The Morgan fingerprint density at radius 2 is 1.91 bits per heavy atom. The molecular weight excluding hydrogens is 297 g/mol. The highest BCUT2D eigenvalue weighted by Crippen LogP contribution is 2.28. The van der Waals surface area contributed by atoms with Crippen molar-refractivity contribution in [1.82, 2.24) is 4.90 Å². The van der Waals surface area contributed by atoms with Crippen LogP contribution in [-0.2, 0) is 11.3 Å². The topological polar surface area (TPSA) is 49.8 Å². The van der Waals surface area contributed by atoms with Crippen LogP contribution in [0.5, 0.6) is 11.5 Å². The number of hydrogen-bond acceptors (Lipinski definition) is 3. The molecule has 1 saturated heterocycles. The molecule has 1 aliphatic heterocycles. The lowest BCUT2D eigenvalue weighted by Crippen LogP contribution is -2.31. The van der Waals surface area contributed by atoms with Gasteiger partial charge < -0.3 is 9.84 Å². The van der Waals surface area contributed by atoms with Gasteiger partial charge in [0.2, 0.25) is 0 Å². The number of carbonyl (C=O) groups is 1. The average Bonchev–Trinajstić information content (AvgIpc) is 2.90. The first-order valence-electron chi connectivity index (χ1n) is 7.56. The van der Waals surface area contributed by atoms with E-state index in [-0.39, 0.29) is 0 Å². The van der Waals surface area contributed by atoms with Gasteiger partial charge >= 0.3 is 5.97 Å². The lowest BCUT2D eigenvalue weighted by Gasteiger charge is -2.20. The molecule has 0 radical (unpaired) electrons. The number of likely N-dealkylation sites (tertiary alicyclic amines) is 1. The summed E-state index contributed by atoms with van der Waals surface area (Å²) in [7, 11) is 0. The summed E-state index contributed by atoms with van der Waals surface area (Å²) in [5.41, 5.74) is 0.895. The fourth-order valence-corrected chi connectivity index (χ4v) is 2.79. The van der Waals surface area contributed by atoms with E-state index in [0.29, 0.717) is 25.3 Å². The highest BCUT2D eigenvalue weighted by molar-refractivity contribution is 5.71. The molecule has 0 aliphatic carbocycles. The number of rotatable bonds is 5. The fraction of sp³-hybridized carbons (Fsp3) is 0.278. The van der Waals surface area contributed by atoms with E-state index in [4.69, 9.17) is 9.84 Å². The van der Waals surface area contributed by atoms with E-state index >= 15 is 0 Å². The van der Waals surface area contributed by atoms with E-state index in [2.05, 4.69) is 0 Å². The highest BCUT2D eigenvalue weighted by Gasteiger charge is 2.38. The van der Waals surface area contributed by atoms with Gasteiger partial charge in [-0.1, -0.05) is 30.3 Å². The molecule has 0 amide bonds. The van der Waals surface area contributed by atoms with Crippen LogP contribution in [0, 0.1) is 5.92 Å². The molecule has 0 spiro atoms. The van der Waals surface area contributed by atoms with Crippen molar-refractivity contribution >= 4 is 5.97 Å². The summed E-state index contributed by atoms with van der Waals surface area (Å²) in [5, 5.41) is 8.99. The van der Waals surface area contributed by atoms with Crippen LogP contribution >= 0.6 is 0 Å². The molecular formula is C18H18FNO3. The van der Waals surface area contributed by atoms with Gasteiger partial charge in [0.05, 0.1) is 0 Å². The van der Waals surface area contributed by atoms with Crippen molar-refractivity contribution in [3.63, 3.8) is 0 Å². The predicted octanol–water partition coefficient (Wildman–Crippen LogP) is 3.68. The normalized spacial score (nSPS) is 21.3. The van der Waals surface area contributed by atoms with Crippen molar-refractivity contribution in [3.05, 3.63) is 60.2 Å². The number of benzene rings is 2. The maximum atomic E-state index is 14.2. The largest absolute Gasteiger partial charge is 0.481 e. The Kier molecular flexibility index (Phi) is 4.57. The third-order valence-corrected chi connectivity index (χ3v) is 3.99. The van der Waals surface area contributed by atoms with Gasteiger partial charge in [-0.2, -0.15) is 0 Å². The van der Waals surface area contributed by atoms with Gasteiger partial charge in [0.15, 0.2) is 6.30 Å². The molecule has 4 nitrogen and oxygen atoms in total. The molecule has 0 bridgehead atoms. The summed E-state index contributed by atoms with van der Waals surface area (Å²) in [6, 6.07) is 16.9. The standard InChI is InChI=1S/C18H18FNO3/c19-17-16(18(21)22)9-10-20(17)12-13-5-4-8-15(11-13)23-14-6-2-1-3-7-14/h1-8,11,16-17H,9-10,12H2,(H,21,22). The quantitative estimate of drug-likeness (QED) is 0.855.